The van der Waals surface area contributed by atoms with E-state index in [0.717, 1.165) is 13.0 Å². The molecule has 0 saturated carbocycles. The van der Waals surface area contributed by atoms with E-state index in [4.69, 9.17) is 4.74 Å². The molecule has 0 radical (unpaired) electrons. The van der Waals surface area contributed by atoms with E-state index in [1.54, 1.807) is 0 Å². The molecule has 0 fully saturated rings. The van der Waals surface area contributed by atoms with Gasteiger partial charge in [0.05, 0.1) is 0 Å². The van der Waals surface area contributed by atoms with Crippen molar-refractivity contribution in [1.29, 1.82) is 0 Å². The fraction of sp³-hybridized carbons (Fsp3) is 0.500. The lowest BCUT2D eigenvalue weighted by Gasteiger charge is -2.06. The van der Waals surface area contributed by atoms with Crippen molar-refractivity contribution in [2.45, 2.75) is 13.3 Å². The minimum atomic E-state index is -0.445. The summed E-state index contributed by atoms with van der Waals surface area (Å²) in [6, 6.07) is 1.34. The van der Waals surface area contributed by atoms with Crippen molar-refractivity contribution in [2.24, 2.45) is 0 Å². The monoisotopic (exact) mass is 276 g/mol. The van der Waals surface area contributed by atoms with Gasteiger partial charge in [-0.2, -0.15) is 0 Å². The van der Waals surface area contributed by atoms with E-state index in [1.807, 2.05) is 0 Å². The molecule has 0 aliphatic heterocycles. The summed E-state index contributed by atoms with van der Waals surface area (Å²) in [5, 5.41) is 3.15. The van der Waals surface area contributed by atoms with E-state index in [-0.39, 0.29) is 5.88 Å². The van der Waals surface area contributed by atoms with Gasteiger partial charge in [0.1, 0.15) is 6.61 Å². The summed E-state index contributed by atoms with van der Waals surface area (Å²) in [5.74, 6) is -0.392. The van der Waals surface area contributed by atoms with Gasteiger partial charge in [-0.3, -0.25) is 0 Å². The maximum absolute atomic E-state index is 13.2. The second-order valence-electron chi connectivity index (χ2n) is 3.04. The molecule has 0 spiro atoms. The van der Waals surface area contributed by atoms with Gasteiger partial charge in [0.15, 0.2) is 5.82 Å². The standard InChI is InChI=1S/C10H14BrFN2O/c1-2-3-13-4-5-15-10-9(12)6-8(11)7-14-10/h6-7,13H,2-5H2,1H3. The van der Waals surface area contributed by atoms with Crippen LogP contribution in [0.4, 0.5) is 4.39 Å². The summed E-state index contributed by atoms with van der Waals surface area (Å²) < 4.78 is 19.0. The van der Waals surface area contributed by atoms with E-state index >= 15 is 0 Å². The third kappa shape index (κ3) is 4.57. The molecule has 0 aliphatic carbocycles. The Labute approximate surface area is 97.2 Å². The van der Waals surface area contributed by atoms with Crippen molar-refractivity contribution in [2.75, 3.05) is 19.7 Å². The van der Waals surface area contributed by atoms with Crippen molar-refractivity contribution < 1.29 is 9.13 Å². The third-order valence-corrected chi connectivity index (χ3v) is 2.15. The first-order chi connectivity index (χ1) is 7.24. The largest absolute Gasteiger partial charge is 0.474 e. The molecule has 84 valence electrons. The number of hydrogen-bond acceptors (Lipinski definition) is 3. The van der Waals surface area contributed by atoms with Gasteiger partial charge in [-0.05, 0) is 35.0 Å². The topological polar surface area (TPSA) is 34.1 Å². The number of aromatic nitrogens is 1. The Morgan fingerprint density at radius 1 is 1.53 bits per heavy atom. The van der Waals surface area contributed by atoms with Crippen molar-refractivity contribution in [1.82, 2.24) is 10.3 Å². The van der Waals surface area contributed by atoms with Crippen LogP contribution in [0.5, 0.6) is 5.88 Å². The van der Waals surface area contributed by atoms with E-state index < -0.39 is 5.82 Å². The number of rotatable bonds is 6. The highest BCUT2D eigenvalue weighted by Gasteiger charge is 2.04. The molecule has 1 N–H and O–H groups in total. The Hall–Kier alpha value is -0.680. The summed E-state index contributed by atoms with van der Waals surface area (Å²) in [4.78, 5) is 3.82. The highest BCUT2D eigenvalue weighted by molar-refractivity contribution is 9.10. The fourth-order valence-electron chi connectivity index (χ4n) is 1.03. The van der Waals surface area contributed by atoms with Gasteiger partial charge in [0, 0.05) is 17.2 Å². The van der Waals surface area contributed by atoms with Crippen LogP contribution in [-0.4, -0.2) is 24.7 Å². The van der Waals surface area contributed by atoms with Crippen molar-refractivity contribution in [3.63, 3.8) is 0 Å². The van der Waals surface area contributed by atoms with Crippen LogP contribution in [0.25, 0.3) is 0 Å². The average molecular weight is 277 g/mol. The molecule has 1 heterocycles. The van der Waals surface area contributed by atoms with Crippen LogP contribution in [0.1, 0.15) is 13.3 Å². The Bertz CT molecular complexity index is 309. The SMILES string of the molecule is CCCNCCOc1ncc(Br)cc1F. The van der Waals surface area contributed by atoms with Crippen LogP contribution < -0.4 is 10.1 Å². The minimum Gasteiger partial charge on any atom is -0.474 e. The van der Waals surface area contributed by atoms with E-state index in [9.17, 15) is 4.39 Å². The average Bonchev–Trinajstić information content (AvgIpc) is 2.20. The molecule has 0 aromatic carbocycles. The van der Waals surface area contributed by atoms with Gasteiger partial charge in [-0.1, -0.05) is 6.92 Å². The first-order valence-corrected chi connectivity index (χ1v) is 5.68. The molecule has 1 aromatic rings. The molecule has 1 rings (SSSR count). The summed E-state index contributed by atoms with van der Waals surface area (Å²) in [6.07, 6.45) is 2.59. The van der Waals surface area contributed by atoms with Crippen LogP contribution in [0.3, 0.4) is 0 Å². The Balaban J connectivity index is 2.31. The molecule has 0 amide bonds. The zero-order valence-electron chi connectivity index (χ0n) is 8.59. The van der Waals surface area contributed by atoms with Crippen molar-refractivity contribution in [3.8, 4) is 5.88 Å². The van der Waals surface area contributed by atoms with Gasteiger partial charge >= 0.3 is 0 Å². The summed E-state index contributed by atoms with van der Waals surface area (Å²) in [5.41, 5.74) is 0. The minimum absolute atomic E-state index is 0.0523. The molecule has 3 nitrogen and oxygen atoms in total. The van der Waals surface area contributed by atoms with E-state index in [1.165, 1.54) is 12.3 Å². The number of nitrogens with zero attached hydrogens (tertiary/aromatic N) is 1. The quantitative estimate of drug-likeness (QED) is 0.810. The highest BCUT2D eigenvalue weighted by atomic mass is 79.9. The Kier molecular flexibility index (Phi) is 5.57. The van der Waals surface area contributed by atoms with Crippen LogP contribution in [0, 0.1) is 5.82 Å². The van der Waals surface area contributed by atoms with E-state index in [0.29, 0.717) is 17.6 Å². The lowest BCUT2D eigenvalue weighted by molar-refractivity contribution is 0.286. The maximum atomic E-state index is 13.2. The molecule has 15 heavy (non-hydrogen) atoms. The molecule has 0 bridgehead atoms. The van der Waals surface area contributed by atoms with Crippen LogP contribution in [-0.2, 0) is 0 Å². The molecule has 5 heteroatoms. The second-order valence-corrected chi connectivity index (χ2v) is 3.95. The van der Waals surface area contributed by atoms with Gasteiger partial charge in [-0.15, -0.1) is 0 Å². The summed E-state index contributed by atoms with van der Waals surface area (Å²) in [6.45, 7) is 4.15. The summed E-state index contributed by atoms with van der Waals surface area (Å²) >= 11 is 3.13. The van der Waals surface area contributed by atoms with Gasteiger partial charge < -0.3 is 10.1 Å². The van der Waals surface area contributed by atoms with Crippen LogP contribution in [0.2, 0.25) is 0 Å². The van der Waals surface area contributed by atoms with Gasteiger partial charge in [0.2, 0.25) is 5.88 Å². The molecule has 0 atom stereocenters. The fourth-order valence-corrected chi connectivity index (χ4v) is 1.33. The predicted molar refractivity (Wildman–Crippen MR) is 60.6 cm³/mol. The number of ether oxygens (including phenoxy) is 1. The van der Waals surface area contributed by atoms with Gasteiger partial charge in [0.25, 0.3) is 0 Å². The first kappa shape index (κ1) is 12.4. The first-order valence-electron chi connectivity index (χ1n) is 4.88. The van der Waals surface area contributed by atoms with Crippen molar-refractivity contribution >= 4 is 15.9 Å². The molecule has 0 unspecified atom stereocenters. The Morgan fingerprint density at radius 2 is 2.33 bits per heavy atom. The molecule has 1 aromatic heterocycles. The molecular formula is C10H14BrFN2O. The summed E-state index contributed by atoms with van der Waals surface area (Å²) in [7, 11) is 0. The Morgan fingerprint density at radius 3 is 3.00 bits per heavy atom. The lowest BCUT2D eigenvalue weighted by atomic mass is 10.4. The second kappa shape index (κ2) is 6.74. The smallest absolute Gasteiger partial charge is 0.250 e. The van der Waals surface area contributed by atoms with Crippen molar-refractivity contribution in [3.05, 3.63) is 22.6 Å². The predicted octanol–water partition coefficient (Wildman–Crippen LogP) is 2.36. The van der Waals surface area contributed by atoms with E-state index in [2.05, 4.69) is 33.2 Å². The number of halogens is 2. The highest BCUT2D eigenvalue weighted by Crippen LogP contribution is 2.17. The third-order valence-electron chi connectivity index (χ3n) is 1.72. The lowest BCUT2D eigenvalue weighted by Crippen LogP contribution is -2.22. The maximum Gasteiger partial charge on any atom is 0.250 e. The molecule has 0 aliphatic rings. The zero-order chi connectivity index (χ0) is 11.1. The number of pyridine rings is 1. The number of nitrogens with one attached hydrogen (secondary N) is 1. The normalized spacial score (nSPS) is 10.3. The molecular weight excluding hydrogens is 263 g/mol. The van der Waals surface area contributed by atoms with Crippen LogP contribution in [0.15, 0.2) is 16.7 Å². The van der Waals surface area contributed by atoms with Gasteiger partial charge in [-0.25, -0.2) is 9.37 Å². The zero-order valence-corrected chi connectivity index (χ0v) is 10.2. The van der Waals surface area contributed by atoms with Crippen LogP contribution >= 0.6 is 15.9 Å². The number of hydrogen-bond donors (Lipinski definition) is 1. The molecule has 0 saturated heterocycles.